The third-order valence-corrected chi connectivity index (χ3v) is 10.1. The number of nitrogens with one attached hydrogen (secondary N) is 3. The van der Waals surface area contributed by atoms with Gasteiger partial charge in [-0.3, -0.25) is 9.59 Å². The van der Waals surface area contributed by atoms with E-state index in [0.717, 1.165) is 60.1 Å². The number of carbonyl (C=O) groups is 2. The quantitative estimate of drug-likeness (QED) is 0.209. The van der Waals surface area contributed by atoms with Gasteiger partial charge in [0.25, 0.3) is 0 Å². The summed E-state index contributed by atoms with van der Waals surface area (Å²) in [6.45, 7) is 6.58. The fraction of sp³-hybridized carbons (Fsp3) is 0.559. The lowest BCUT2D eigenvalue weighted by atomic mass is 9.77. The van der Waals surface area contributed by atoms with Crippen LogP contribution in [-0.4, -0.2) is 60.8 Å². The van der Waals surface area contributed by atoms with Gasteiger partial charge in [0.1, 0.15) is 17.7 Å². The van der Waals surface area contributed by atoms with Crippen LogP contribution in [0.4, 0.5) is 4.39 Å². The Balaban J connectivity index is 1.37. The molecule has 3 aromatic rings. The van der Waals surface area contributed by atoms with E-state index in [1.807, 2.05) is 31.2 Å². The molecule has 0 aliphatic heterocycles. The maximum absolute atomic E-state index is 14.3. The molecule has 2 saturated carbocycles. The number of fused-ring (bicyclic) bond motifs is 1. The van der Waals surface area contributed by atoms with Crippen LogP contribution in [0.1, 0.15) is 75.7 Å². The van der Waals surface area contributed by atoms with Crippen LogP contribution in [0.2, 0.25) is 5.02 Å². The fourth-order valence-electron chi connectivity index (χ4n) is 6.21. The predicted molar refractivity (Wildman–Crippen MR) is 169 cm³/mol. The Kier molecular flexibility index (Phi) is 9.68. The molecule has 0 spiro atoms. The van der Waals surface area contributed by atoms with E-state index < -0.39 is 17.3 Å². The molecule has 2 aliphatic carbocycles. The van der Waals surface area contributed by atoms with Crippen LogP contribution in [-0.2, 0) is 30.9 Å². The van der Waals surface area contributed by atoms with Gasteiger partial charge in [0.15, 0.2) is 0 Å². The van der Waals surface area contributed by atoms with Gasteiger partial charge in [0, 0.05) is 27.2 Å². The van der Waals surface area contributed by atoms with Crippen LogP contribution < -0.4 is 10.6 Å². The van der Waals surface area contributed by atoms with Gasteiger partial charge in [-0.25, -0.2) is 9.37 Å². The van der Waals surface area contributed by atoms with Crippen molar-refractivity contribution in [2.45, 2.75) is 82.3 Å². The maximum Gasteiger partial charge on any atom is 0.242 e. The molecule has 2 unspecified atom stereocenters. The Morgan fingerprint density at radius 1 is 1.20 bits per heavy atom. The Labute approximate surface area is 263 Å². The van der Waals surface area contributed by atoms with Crippen LogP contribution in [0.3, 0.4) is 0 Å². The van der Waals surface area contributed by atoms with Crippen molar-refractivity contribution < 1.29 is 23.5 Å². The summed E-state index contributed by atoms with van der Waals surface area (Å²) < 4.78 is 25.4. The van der Waals surface area contributed by atoms with Crippen molar-refractivity contribution in [3.05, 3.63) is 64.2 Å². The van der Waals surface area contributed by atoms with E-state index in [0.29, 0.717) is 13.0 Å². The summed E-state index contributed by atoms with van der Waals surface area (Å²) in [6.07, 6.45) is 5.23. The van der Waals surface area contributed by atoms with Crippen molar-refractivity contribution in [1.82, 2.24) is 20.6 Å². The number of hydrogen-bond donors (Lipinski definition) is 3. The van der Waals surface area contributed by atoms with E-state index in [4.69, 9.17) is 26.1 Å². The Morgan fingerprint density at radius 3 is 2.57 bits per heavy atom. The van der Waals surface area contributed by atoms with Crippen LogP contribution in [0.5, 0.6) is 0 Å². The van der Waals surface area contributed by atoms with Crippen molar-refractivity contribution in [3.8, 4) is 0 Å². The van der Waals surface area contributed by atoms with E-state index in [9.17, 15) is 14.0 Å². The van der Waals surface area contributed by atoms with Crippen molar-refractivity contribution >= 4 is 34.4 Å². The average Bonchev–Trinajstić information content (AvgIpc) is 3.64. The number of halogens is 2. The molecule has 1 heterocycles. The zero-order valence-corrected chi connectivity index (χ0v) is 27.0. The van der Waals surface area contributed by atoms with E-state index >= 15 is 0 Å². The van der Waals surface area contributed by atoms with Crippen molar-refractivity contribution in [3.63, 3.8) is 0 Å². The molecule has 0 saturated heterocycles. The van der Waals surface area contributed by atoms with Gasteiger partial charge in [0.2, 0.25) is 11.8 Å². The van der Waals surface area contributed by atoms with Crippen LogP contribution in [0.25, 0.3) is 11.0 Å². The van der Waals surface area contributed by atoms with Gasteiger partial charge in [-0.05, 0) is 79.7 Å². The van der Waals surface area contributed by atoms with Gasteiger partial charge in [-0.1, -0.05) is 50.1 Å². The highest BCUT2D eigenvalue weighted by molar-refractivity contribution is 6.31. The molecule has 0 radical (unpaired) electrons. The zero-order valence-electron chi connectivity index (χ0n) is 26.3. The first-order valence-electron chi connectivity index (χ1n) is 15.6. The number of methoxy groups -OCH3 is 2. The molecular formula is C34H44ClFN4O4. The first kappa shape index (κ1) is 32.4. The molecule has 5 rings (SSSR count). The smallest absolute Gasteiger partial charge is 0.242 e. The van der Waals surface area contributed by atoms with Gasteiger partial charge in [-0.2, -0.15) is 0 Å². The van der Waals surface area contributed by atoms with E-state index in [2.05, 4.69) is 29.5 Å². The molecule has 2 aliphatic rings. The molecule has 44 heavy (non-hydrogen) atoms. The van der Waals surface area contributed by atoms with E-state index in [-0.39, 0.29) is 46.8 Å². The summed E-state index contributed by atoms with van der Waals surface area (Å²) in [6, 6.07) is 10.0. The molecule has 8 nitrogen and oxygen atoms in total. The normalized spacial score (nSPS) is 18.8. The number of hydrogen-bond acceptors (Lipinski definition) is 5. The van der Waals surface area contributed by atoms with Crippen molar-refractivity contribution in [2.24, 2.45) is 11.8 Å². The number of aromatic nitrogens is 2. The molecule has 2 fully saturated rings. The summed E-state index contributed by atoms with van der Waals surface area (Å²) in [4.78, 5) is 35.5. The topological polar surface area (TPSA) is 105 Å². The number of nitrogens with zero attached hydrogens (tertiary/aromatic N) is 1. The number of amides is 2. The predicted octanol–water partition coefficient (Wildman–Crippen LogP) is 5.82. The second-order valence-electron chi connectivity index (χ2n) is 13.1. The number of carbonyl (C=O) groups excluding carboxylic acids is 2. The highest BCUT2D eigenvalue weighted by Crippen LogP contribution is 2.39. The Bertz CT molecular complexity index is 1500. The average molecular weight is 627 g/mol. The Morgan fingerprint density at radius 2 is 1.95 bits per heavy atom. The molecular weight excluding hydrogens is 583 g/mol. The number of rotatable bonds is 14. The van der Waals surface area contributed by atoms with Crippen molar-refractivity contribution in [2.75, 3.05) is 27.4 Å². The van der Waals surface area contributed by atoms with Crippen LogP contribution >= 0.6 is 11.6 Å². The SMILES string of the molecule is COCC(C)(C(=O)N[C@@H](C(=O)NCC1(OC)CC1)C1CCC1)c1ccc2nc(CC(c3cccc(F)c3Cl)C(C)C)[nH]c2c1. The van der Waals surface area contributed by atoms with E-state index in [1.165, 1.54) is 6.07 Å². The largest absolute Gasteiger partial charge is 0.383 e. The number of benzene rings is 2. The highest BCUT2D eigenvalue weighted by Gasteiger charge is 2.45. The lowest BCUT2D eigenvalue weighted by molar-refractivity contribution is -0.135. The van der Waals surface area contributed by atoms with Gasteiger partial charge < -0.3 is 25.1 Å². The summed E-state index contributed by atoms with van der Waals surface area (Å²) in [5, 5.41) is 6.27. The summed E-state index contributed by atoms with van der Waals surface area (Å²) in [7, 11) is 3.24. The summed E-state index contributed by atoms with van der Waals surface area (Å²) >= 11 is 6.36. The van der Waals surface area contributed by atoms with Gasteiger partial charge >= 0.3 is 0 Å². The summed E-state index contributed by atoms with van der Waals surface area (Å²) in [5.74, 6) is 0.130. The monoisotopic (exact) mass is 626 g/mol. The van der Waals surface area contributed by atoms with Crippen LogP contribution in [0, 0.1) is 17.7 Å². The molecule has 238 valence electrons. The molecule has 3 atom stereocenters. The fourth-order valence-corrected chi connectivity index (χ4v) is 6.48. The van der Waals surface area contributed by atoms with Gasteiger partial charge in [0.05, 0.1) is 33.7 Å². The number of imidazole rings is 1. The minimum absolute atomic E-state index is 0.0453. The molecule has 0 bridgehead atoms. The number of aromatic amines is 1. The summed E-state index contributed by atoms with van der Waals surface area (Å²) in [5.41, 5.74) is 1.71. The molecule has 1 aromatic heterocycles. The first-order chi connectivity index (χ1) is 21.0. The Hall–Kier alpha value is -3.01. The minimum Gasteiger partial charge on any atom is -0.383 e. The van der Waals surface area contributed by atoms with Gasteiger partial charge in [-0.15, -0.1) is 0 Å². The number of ether oxygens (including phenoxy) is 2. The lowest BCUT2D eigenvalue weighted by Gasteiger charge is -2.36. The second-order valence-corrected chi connectivity index (χ2v) is 13.5. The van der Waals surface area contributed by atoms with Crippen LogP contribution in [0.15, 0.2) is 36.4 Å². The maximum atomic E-state index is 14.3. The standard InChI is InChI=1S/C34H44ClFN4O4/c1-20(2)24(23-10-7-11-25(36)29(23)35)17-28-38-26-13-12-22(16-27(26)39-28)33(3,19-43-4)32(42)40-30(21-8-6-9-21)31(41)37-18-34(44-5)14-15-34/h7,10-13,16,20-21,24,30H,6,8-9,14-15,17-19H2,1-5H3,(H,37,41)(H,38,39)(H,40,42)/t24?,30-,33?/m1/s1. The first-order valence-corrected chi connectivity index (χ1v) is 15.9. The van der Waals surface area contributed by atoms with E-state index in [1.54, 1.807) is 20.3 Å². The highest BCUT2D eigenvalue weighted by atomic mass is 35.5. The third kappa shape index (κ3) is 6.65. The molecule has 3 N–H and O–H groups in total. The molecule has 10 heteroatoms. The minimum atomic E-state index is -1.06. The van der Waals surface area contributed by atoms with Crippen molar-refractivity contribution in [1.29, 1.82) is 0 Å². The lowest BCUT2D eigenvalue weighted by Crippen LogP contribution is -2.58. The third-order valence-electron chi connectivity index (χ3n) is 9.72. The zero-order chi connectivity index (χ0) is 31.6. The number of H-pyrrole nitrogens is 1. The molecule has 2 aromatic carbocycles. The second kappa shape index (κ2) is 13.2. The molecule has 2 amide bonds.